The van der Waals surface area contributed by atoms with E-state index in [-0.39, 0.29) is 0 Å². The summed E-state index contributed by atoms with van der Waals surface area (Å²) in [6, 6.07) is 0. The summed E-state index contributed by atoms with van der Waals surface area (Å²) in [7, 11) is 3.76. The van der Waals surface area contributed by atoms with Crippen molar-refractivity contribution >= 4 is 21.6 Å². The molecule has 0 bridgehead atoms. The largest absolute Gasteiger partial charge is 0.317 e. The van der Waals surface area contributed by atoms with E-state index < -0.39 is 0 Å². The van der Waals surface area contributed by atoms with Gasteiger partial charge in [-0.1, -0.05) is 53.9 Å². The molecular weight excluding hydrogens is 234 g/mol. The van der Waals surface area contributed by atoms with E-state index in [0.717, 1.165) is 6.54 Å². The fourth-order valence-corrected chi connectivity index (χ4v) is 3.41. The maximum Gasteiger partial charge on any atom is 0.0328 e. The van der Waals surface area contributed by atoms with E-state index >= 15 is 0 Å². The fourth-order valence-electron chi connectivity index (χ4n) is 1.56. The smallest absolute Gasteiger partial charge is 0.0328 e. The lowest BCUT2D eigenvalue weighted by atomic mass is 10.2. The first-order chi connectivity index (χ1) is 7.85. The Morgan fingerprint density at radius 1 is 1.19 bits per heavy atom. The molecule has 0 aromatic carbocycles. The molecule has 0 spiro atoms. The zero-order chi connectivity index (χ0) is 12.1. The van der Waals surface area contributed by atoms with Crippen LogP contribution in [0.3, 0.4) is 0 Å². The van der Waals surface area contributed by atoms with E-state index in [9.17, 15) is 0 Å². The fraction of sp³-hybridized carbons (Fsp3) is 0.846. The zero-order valence-electron chi connectivity index (χ0n) is 10.8. The molecule has 96 valence electrons. The van der Waals surface area contributed by atoms with Crippen LogP contribution in [0.15, 0.2) is 12.7 Å². The quantitative estimate of drug-likeness (QED) is 0.315. The summed E-state index contributed by atoms with van der Waals surface area (Å²) in [5.74, 6) is 0. The van der Waals surface area contributed by atoms with Crippen molar-refractivity contribution in [1.82, 2.24) is 5.32 Å². The number of hydrogen-bond donors (Lipinski definition) is 1. The number of rotatable bonds is 12. The van der Waals surface area contributed by atoms with Gasteiger partial charge in [-0.05, 0) is 38.6 Å². The van der Waals surface area contributed by atoms with E-state index in [0.29, 0.717) is 5.25 Å². The minimum absolute atomic E-state index is 0.622. The van der Waals surface area contributed by atoms with Gasteiger partial charge in [0.1, 0.15) is 0 Å². The molecule has 0 aromatic heterocycles. The number of unbranched alkanes of at least 4 members (excludes halogenated alkanes) is 3. The Labute approximate surface area is 110 Å². The molecule has 1 N–H and O–H groups in total. The van der Waals surface area contributed by atoms with Crippen molar-refractivity contribution in [3.63, 3.8) is 0 Å². The molecule has 16 heavy (non-hydrogen) atoms. The van der Waals surface area contributed by atoms with E-state index in [4.69, 9.17) is 0 Å². The Balaban J connectivity index is 3.15. The molecule has 1 unspecified atom stereocenters. The molecule has 1 atom stereocenters. The highest BCUT2D eigenvalue weighted by molar-refractivity contribution is 8.76. The lowest BCUT2D eigenvalue weighted by molar-refractivity contribution is 0.578. The van der Waals surface area contributed by atoms with Gasteiger partial charge in [0.15, 0.2) is 0 Å². The highest BCUT2D eigenvalue weighted by atomic mass is 33.1. The Morgan fingerprint density at radius 3 is 2.56 bits per heavy atom. The van der Waals surface area contributed by atoms with Gasteiger partial charge in [0.05, 0.1) is 0 Å². The third-order valence-corrected chi connectivity index (χ3v) is 4.72. The maximum absolute atomic E-state index is 3.87. The van der Waals surface area contributed by atoms with Crippen molar-refractivity contribution in [2.24, 2.45) is 0 Å². The third-order valence-electron chi connectivity index (χ3n) is 2.53. The van der Waals surface area contributed by atoms with E-state index in [1.165, 1.54) is 45.1 Å². The van der Waals surface area contributed by atoms with Crippen molar-refractivity contribution in [1.29, 1.82) is 0 Å². The van der Waals surface area contributed by atoms with Crippen LogP contribution in [0.25, 0.3) is 0 Å². The predicted molar refractivity (Wildman–Crippen MR) is 81.3 cm³/mol. The molecule has 0 aromatic rings. The first-order valence-electron chi connectivity index (χ1n) is 6.37. The van der Waals surface area contributed by atoms with Gasteiger partial charge in [-0.3, -0.25) is 0 Å². The summed E-state index contributed by atoms with van der Waals surface area (Å²) in [5, 5.41) is 4.14. The molecule has 0 radical (unpaired) electrons. The molecule has 0 saturated heterocycles. The monoisotopic (exact) mass is 261 g/mol. The van der Waals surface area contributed by atoms with Gasteiger partial charge in [-0.15, -0.1) is 6.58 Å². The second kappa shape index (κ2) is 13.5. The zero-order valence-corrected chi connectivity index (χ0v) is 12.5. The number of nitrogens with one attached hydrogen (secondary N) is 1. The number of hydrogen-bond acceptors (Lipinski definition) is 3. The second-order valence-electron chi connectivity index (χ2n) is 3.99. The van der Waals surface area contributed by atoms with Gasteiger partial charge in [0.2, 0.25) is 0 Å². The molecule has 0 heterocycles. The van der Waals surface area contributed by atoms with Gasteiger partial charge in [-0.2, -0.15) is 0 Å². The Hall–Kier alpha value is 0.400. The molecule has 0 aliphatic heterocycles. The van der Waals surface area contributed by atoms with Crippen LogP contribution in [0.2, 0.25) is 0 Å². The highest BCUT2D eigenvalue weighted by Gasteiger charge is 2.02. The predicted octanol–water partition coefficient (Wildman–Crippen LogP) is 4.50. The van der Waals surface area contributed by atoms with Crippen LogP contribution < -0.4 is 5.32 Å². The lowest BCUT2D eigenvalue weighted by Gasteiger charge is -2.10. The van der Waals surface area contributed by atoms with Crippen LogP contribution in [0.4, 0.5) is 0 Å². The molecule has 3 heteroatoms. The summed E-state index contributed by atoms with van der Waals surface area (Å²) in [6.45, 7) is 8.48. The van der Waals surface area contributed by atoms with Gasteiger partial charge >= 0.3 is 0 Å². The Morgan fingerprint density at radius 2 is 1.94 bits per heavy atom. The van der Waals surface area contributed by atoms with Crippen molar-refractivity contribution in [3.8, 4) is 0 Å². The first kappa shape index (κ1) is 16.4. The average molecular weight is 262 g/mol. The highest BCUT2D eigenvalue weighted by Crippen LogP contribution is 2.27. The molecule has 0 fully saturated rings. The summed E-state index contributed by atoms with van der Waals surface area (Å²) < 4.78 is 0. The van der Waals surface area contributed by atoms with Crippen molar-refractivity contribution < 1.29 is 0 Å². The maximum atomic E-state index is 3.87. The van der Waals surface area contributed by atoms with E-state index in [2.05, 4.69) is 31.2 Å². The SMILES string of the molecule is C=CC(CCCNCCCCCC)SSC. The minimum Gasteiger partial charge on any atom is -0.317 e. The third kappa shape index (κ3) is 10.9. The van der Waals surface area contributed by atoms with Crippen LogP contribution in [0.5, 0.6) is 0 Å². The van der Waals surface area contributed by atoms with Crippen LogP contribution in [-0.2, 0) is 0 Å². The molecule has 0 aliphatic carbocycles. The second-order valence-corrected chi connectivity index (χ2v) is 6.70. The van der Waals surface area contributed by atoms with Gasteiger partial charge in [-0.25, -0.2) is 0 Å². The summed E-state index contributed by atoms with van der Waals surface area (Å²) >= 11 is 0. The van der Waals surface area contributed by atoms with Crippen LogP contribution in [0, 0.1) is 0 Å². The van der Waals surface area contributed by atoms with Crippen LogP contribution >= 0.6 is 21.6 Å². The van der Waals surface area contributed by atoms with Crippen LogP contribution in [-0.4, -0.2) is 24.6 Å². The van der Waals surface area contributed by atoms with Crippen LogP contribution in [0.1, 0.15) is 45.4 Å². The van der Waals surface area contributed by atoms with Crippen molar-refractivity contribution in [3.05, 3.63) is 12.7 Å². The van der Waals surface area contributed by atoms with Crippen molar-refractivity contribution in [2.45, 2.75) is 50.7 Å². The van der Waals surface area contributed by atoms with E-state index in [1.54, 1.807) is 0 Å². The summed E-state index contributed by atoms with van der Waals surface area (Å²) in [5.41, 5.74) is 0. The van der Waals surface area contributed by atoms with Gasteiger partial charge in [0.25, 0.3) is 0 Å². The Kier molecular flexibility index (Phi) is 13.8. The minimum atomic E-state index is 0.622. The topological polar surface area (TPSA) is 12.0 Å². The lowest BCUT2D eigenvalue weighted by Crippen LogP contribution is -2.17. The van der Waals surface area contributed by atoms with Crippen molar-refractivity contribution in [2.75, 3.05) is 19.3 Å². The molecular formula is C13H27NS2. The van der Waals surface area contributed by atoms with Gasteiger partial charge < -0.3 is 5.32 Å². The molecule has 0 amide bonds. The average Bonchev–Trinajstić information content (AvgIpc) is 2.31. The van der Waals surface area contributed by atoms with E-state index in [1.807, 2.05) is 21.6 Å². The first-order valence-corrected chi connectivity index (χ1v) is 9.00. The van der Waals surface area contributed by atoms with Gasteiger partial charge in [0, 0.05) is 5.25 Å². The molecule has 1 nitrogen and oxygen atoms in total. The summed E-state index contributed by atoms with van der Waals surface area (Å²) in [4.78, 5) is 0. The molecule has 0 rings (SSSR count). The summed E-state index contributed by atoms with van der Waals surface area (Å²) in [6.07, 6.45) is 12.1. The normalized spacial score (nSPS) is 12.6. The molecule has 0 saturated carbocycles. The Bertz CT molecular complexity index is 151. The standard InChI is InChI=1S/C13H27NS2/c1-4-6-7-8-11-14-12-9-10-13(5-2)16-15-3/h5,13-14H,2,4,6-12H2,1,3H3. The molecule has 0 aliphatic rings.